The van der Waals surface area contributed by atoms with E-state index in [0.717, 1.165) is 18.6 Å². The molecule has 1 N–H and O–H groups in total. The summed E-state index contributed by atoms with van der Waals surface area (Å²) in [7, 11) is 0. The summed E-state index contributed by atoms with van der Waals surface area (Å²) in [5, 5.41) is 3.48. The molecule has 4 heteroatoms. The predicted molar refractivity (Wildman–Crippen MR) is 89.9 cm³/mol. The lowest BCUT2D eigenvalue weighted by Gasteiger charge is -2.05. The van der Waals surface area contributed by atoms with E-state index in [9.17, 15) is 0 Å². The van der Waals surface area contributed by atoms with E-state index in [1.165, 1.54) is 20.8 Å². The summed E-state index contributed by atoms with van der Waals surface area (Å²) in [5.41, 5.74) is 3.65. The van der Waals surface area contributed by atoms with Crippen LogP contribution >= 0.6 is 11.3 Å². The minimum Gasteiger partial charge on any atom is -0.326 e. The molecule has 0 radical (unpaired) electrons. The van der Waals surface area contributed by atoms with E-state index in [2.05, 4.69) is 59.9 Å². The molecule has 3 aromatic rings. The maximum Gasteiger partial charge on any atom is 0.0961 e. The highest BCUT2D eigenvalue weighted by molar-refractivity contribution is 7.12. The van der Waals surface area contributed by atoms with Crippen LogP contribution in [0, 0.1) is 6.92 Å². The number of nitrogens with zero attached hydrogens (tertiary/aromatic N) is 2. The van der Waals surface area contributed by atoms with Gasteiger partial charge in [0.25, 0.3) is 0 Å². The molecule has 0 saturated heterocycles. The van der Waals surface area contributed by atoms with E-state index in [1.807, 2.05) is 23.7 Å². The molecule has 21 heavy (non-hydrogen) atoms. The quantitative estimate of drug-likeness (QED) is 0.773. The van der Waals surface area contributed by atoms with Gasteiger partial charge in [-0.15, -0.1) is 11.3 Å². The molecule has 3 nitrogen and oxygen atoms in total. The number of rotatable bonds is 5. The van der Waals surface area contributed by atoms with Gasteiger partial charge in [-0.3, -0.25) is 0 Å². The summed E-state index contributed by atoms with van der Waals surface area (Å²) in [6, 6.07) is 11.1. The van der Waals surface area contributed by atoms with Crippen molar-refractivity contribution in [3.05, 3.63) is 52.0 Å². The van der Waals surface area contributed by atoms with Crippen LogP contribution < -0.4 is 5.32 Å². The number of hydrogen-bond donors (Lipinski definition) is 1. The monoisotopic (exact) mass is 299 g/mol. The van der Waals surface area contributed by atoms with Gasteiger partial charge in [0.05, 0.1) is 23.9 Å². The van der Waals surface area contributed by atoms with Crippen molar-refractivity contribution >= 4 is 22.4 Å². The van der Waals surface area contributed by atoms with Gasteiger partial charge in [-0.1, -0.05) is 26.0 Å². The molecule has 110 valence electrons. The Hall–Kier alpha value is -1.65. The normalized spacial score (nSPS) is 11.6. The third-order valence-corrected chi connectivity index (χ3v) is 4.72. The van der Waals surface area contributed by atoms with Gasteiger partial charge in [0.1, 0.15) is 0 Å². The van der Waals surface area contributed by atoms with Gasteiger partial charge < -0.3 is 9.88 Å². The molecule has 0 spiro atoms. The first-order valence-electron chi connectivity index (χ1n) is 7.35. The fourth-order valence-electron chi connectivity index (χ4n) is 2.46. The van der Waals surface area contributed by atoms with Crippen molar-refractivity contribution in [3.8, 4) is 0 Å². The first kappa shape index (κ1) is 14.3. The lowest BCUT2D eigenvalue weighted by molar-refractivity contribution is 0.593. The number of aromatic nitrogens is 2. The molecule has 0 saturated carbocycles. The van der Waals surface area contributed by atoms with Gasteiger partial charge in [0.15, 0.2) is 0 Å². The van der Waals surface area contributed by atoms with Gasteiger partial charge in [-0.2, -0.15) is 0 Å². The van der Waals surface area contributed by atoms with Gasteiger partial charge >= 0.3 is 0 Å². The molecule has 0 aliphatic rings. The molecule has 2 heterocycles. The lowest BCUT2D eigenvalue weighted by Crippen LogP contribution is -2.21. The fourth-order valence-corrected chi connectivity index (χ4v) is 3.46. The van der Waals surface area contributed by atoms with Crippen LogP contribution in [-0.4, -0.2) is 15.6 Å². The Morgan fingerprint density at radius 3 is 2.90 bits per heavy atom. The first-order chi connectivity index (χ1) is 10.1. The molecule has 0 unspecified atom stereocenters. The van der Waals surface area contributed by atoms with Gasteiger partial charge in [0, 0.05) is 22.3 Å². The first-order valence-corrected chi connectivity index (χ1v) is 8.16. The highest BCUT2D eigenvalue weighted by Gasteiger charge is 2.08. The van der Waals surface area contributed by atoms with E-state index >= 15 is 0 Å². The van der Waals surface area contributed by atoms with Crippen molar-refractivity contribution < 1.29 is 0 Å². The van der Waals surface area contributed by atoms with Gasteiger partial charge in [-0.05, 0) is 30.7 Å². The summed E-state index contributed by atoms with van der Waals surface area (Å²) >= 11 is 1.89. The average Bonchev–Trinajstić information content (AvgIpc) is 3.02. The second-order valence-corrected chi connectivity index (χ2v) is 7.03. The smallest absolute Gasteiger partial charge is 0.0961 e. The number of thiophene rings is 1. The second-order valence-electron chi connectivity index (χ2n) is 5.69. The summed E-state index contributed by atoms with van der Waals surface area (Å²) in [6.45, 7) is 8.41. The highest BCUT2D eigenvalue weighted by Crippen LogP contribution is 2.24. The zero-order valence-corrected chi connectivity index (χ0v) is 13.6. The number of benzene rings is 1. The van der Waals surface area contributed by atoms with E-state index in [0.29, 0.717) is 6.04 Å². The Morgan fingerprint density at radius 1 is 1.29 bits per heavy atom. The molecule has 0 fully saturated rings. The minimum absolute atomic E-state index is 0.522. The van der Waals surface area contributed by atoms with Crippen LogP contribution in [0.2, 0.25) is 0 Å². The molecule has 0 aliphatic heterocycles. The van der Waals surface area contributed by atoms with E-state index in [1.54, 1.807) is 0 Å². The van der Waals surface area contributed by atoms with Crippen molar-refractivity contribution in [1.29, 1.82) is 0 Å². The summed E-state index contributed by atoms with van der Waals surface area (Å²) in [5.74, 6) is 0. The number of imidazole rings is 1. The van der Waals surface area contributed by atoms with Crippen LogP contribution in [0.15, 0.2) is 36.7 Å². The standard InChI is InChI=1S/C17H21N3S/c1-12(2)18-9-15-8-14(13(3)21-15)10-20-11-19-16-6-4-5-7-17(16)20/h4-8,11-12,18H,9-10H2,1-3H3. The molecule has 3 rings (SSSR count). The number of hydrogen-bond acceptors (Lipinski definition) is 3. The largest absolute Gasteiger partial charge is 0.326 e. The SMILES string of the molecule is Cc1sc(CNC(C)C)cc1Cn1cnc2ccccc21. The third kappa shape index (κ3) is 3.17. The molecule has 0 bridgehead atoms. The van der Waals surface area contributed by atoms with Crippen molar-refractivity contribution in [2.24, 2.45) is 0 Å². The van der Waals surface area contributed by atoms with Crippen LogP contribution in [0.4, 0.5) is 0 Å². The predicted octanol–water partition coefficient (Wildman–Crippen LogP) is 3.95. The topological polar surface area (TPSA) is 29.9 Å². The molecule has 1 aromatic carbocycles. The molecular formula is C17H21N3S. The van der Waals surface area contributed by atoms with Crippen LogP contribution in [-0.2, 0) is 13.1 Å². The second kappa shape index (κ2) is 6.00. The zero-order chi connectivity index (χ0) is 14.8. The minimum atomic E-state index is 0.522. The Balaban J connectivity index is 1.81. The third-order valence-electron chi connectivity index (χ3n) is 3.62. The Labute approximate surface area is 129 Å². The highest BCUT2D eigenvalue weighted by atomic mass is 32.1. The van der Waals surface area contributed by atoms with E-state index < -0.39 is 0 Å². The number of fused-ring (bicyclic) bond motifs is 1. The van der Waals surface area contributed by atoms with Gasteiger partial charge in [0.2, 0.25) is 0 Å². The summed E-state index contributed by atoms with van der Waals surface area (Å²) in [6.07, 6.45) is 1.94. The average molecular weight is 299 g/mol. The molecule has 0 atom stereocenters. The zero-order valence-electron chi connectivity index (χ0n) is 12.8. The molecule has 0 amide bonds. The van der Waals surface area contributed by atoms with Crippen molar-refractivity contribution in [2.45, 2.75) is 39.9 Å². The van der Waals surface area contributed by atoms with Crippen LogP contribution in [0.1, 0.15) is 29.2 Å². The maximum atomic E-state index is 4.46. The van der Waals surface area contributed by atoms with Crippen molar-refractivity contribution in [1.82, 2.24) is 14.9 Å². The Morgan fingerprint density at radius 2 is 2.10 bits per heavy atom. The summed E-state index contributed by atoms with van der Waals surface area (Å²) < 4.78 is 2.23. The van der Waals surface area contributed by atoms with Crippen LogP contribution in [0.3, 0.4) is 0 Å². The molecule has 0 aliphatic carbocycles. The van der Waals surface area contributed by atoms with E-state index in [-0.39, 0.29) is 0 Å². The Kier molecular flexibility index (Phi) is 4.08. The summed E-state index contributed by atoms with van der Waals surface area (Å²) in [4.78, 5) is 7.26. The number of aryl methyl sites for hydroxylation is 1. The number of para-hydroxylation sites is 2. The van der Waals surface area contributed by atoms with Crippen molar-refractivity contribution in [3.63, 3.8) is 0 Å². The van der Waals surface area contributed by atoms with Crippen LogP contribution in [0.25, 0.3) is 11.0 Å². The maximum absolute atomic E-state index is 4.46. The number of nitrogens with one attached hydrogen (secondary N) is 1. The Bertz CT molecular complexity index is 739. The molecular weight excluding hydrogens is 278 g/mol. The van der Waals surface area contributed by atoms with Crippen LogP contribution in [0.5, 0.6) is 0 Å². The van der Waals surface area contributed by atoms with Gasteiger partial charge in [-0.25, -0.2) is 4.98 Å². The fraction of sp³-hybridized carbons (Fsp3) is 0.353. The lowest BCUT2D eigenvalue weighted by atomic mass is 10.2. The molecule has 2 aromatic heterocycles. The van der Waals surface area contributed by atoms with E-state index in [4.69, 9.17) is 0 Å². The van der Waals surface area contributed by atoms with Crippen molar-refractivity contribution in [2.75, 3.05) is 0 Å².